The number of hydrogen-bond donors (Lipinski definition) is 2. The Morgan fingerprint density at radius 3 is 2.76 bits per heavy atom. The van der Waals surface area contributed by atoms with E-state index in [1.807, 2.05) is 6.07 Å². The Labute approximate surface area is 129 Å². The van der Waals surface area contributed by atoms with Crippen LogP contribution >= 0.6 is 11.6 Å². The molecule has 0 unspecified atom stereocenters. The lowest BCUT2D eigenvalue weighted by Crippen LogP contribution is -2.25. The molecule has 0 saturated carbocycles. The van der Waals surface area contributed by atoms with Gasteiger partial charge in [0.15, 0.2) is 18.1 Å². The molecule has 2 rings (SSSR count). The zero-order chi connectivity index (χ0) is 15.2. The van der Waals surface area contributed by atoms with Crippen molar-refractivity contribution >= 4 is 17.5 Å². The molecular weight excluding hydrogens is 292 g/mol. The van der Waals surface area contributed by atoms with E-state index < -0.39 is 5.91 Å². The quantitative estimate of drug-likeness (QED) is 0.756. The van der Waals surface area contributed by atoms with E-state index in [-0.39, 0.29) is 6.61 Å². The summed E-state index contributed by atoms with van der Waals surface area (Å²) in [7, 11) is 1.53. The highest BCUT2D eigenvalue weighted by atomic mass is 35.5. The maximum Gasteiger partial charge on any atom is 0.255 e. The number of carbonyl (C=O) groups excluding carboxylic acids is 1. The maximum atomic E-state index is 10.8. The summed E-state index contributed by atoms with van der Waals surface area (Å²) in [5.41, 5.74) is 6.06. The Balaban J connectivity index is 2.05. The fraction of sp³-hybridized carbons (Fsp3) is 0.400. The van der Waals surface area contributed by atoms with Gasteiger partial charge in [0.25, 0.3) is 5.91 Å². The molecule has 0 bridgehead atoms. The minimum Gasteiger partial charge on any atom is -0.493 e. The number of carbonyl (C=O) groups is 1. The number of methoxy groups -OCH3 is 1. The molecule has 3 N–H and O–H groups in total. The van der Waals surface area contributed by atoms with Crippen LogP contribution in [0.15, 0.2) is 24.3 Å². The molecule has 21 heavy (non-hydrogen) atoms. The molecule has 1 amide bonds. The van der Waals surface area contributed by atoms with Gasteiger partial charge in [0, 0.05) is 12.6 Å². The van der Waals surface area contributed by atoms with Crippen LogP contribution in [-0.4, -0.2) is 25.7 Å². The van der Waals surface area contributed by atoms with Crippen molar-refractivity contribution in [1.29, 1.82) is 0 Å². The molecule has 0 atom stereocenters. The molecule has 1 aromatic carbocycles. The van der Waals surface area contributed by atoms with Crippen molar-refractivity contribution < 1.29 is 14.3 Å². The van der Waals surface area contributed by atoms with Gasteiger partial charge in [0.2, 0.25) is 0 Å². The fourth-order valence-corrected chi connectivity index (χ4v) is 2.49. The molecular formula is C15H19ClN2O3. The molecule has 1 aliphatic rings. The van der Waals surface area contributed by atoms with Gasteiger partial charge < -0.3 is 20.5 Å². The average Bonchev–Trinajstić information content (AvgIpc) is 2.96. The number of amides is 1. The Morgan fingerprint density at radius 2 is 2.14 bits per heavy atom. The van der Waals surface area contributed by atoms with Crippen molar-refractivity contribution in [3.63, 3.8) is 0 Å². The van der Waals surface area contributed by atoms with Crippen LogP contribution in [0.4, 0.5) is 0 Å². The molecule has 114 valence electrons. The summed E-state index contributed by atoms with van der Waals surface area (Å²) >= 11 is 6.19. The molecule has 1 aromatic rings. The zero-order valence-corrected chi connectivity index (χ0v) is 12.7. The normalized spacial score (nSPS) is 14.4. The molecule has 0 aliphatic heterocycles. The van der Waals surface area contributed by atoms with Gasteiger partial charge in [-0.1, -0.05) is 23.8 Å². The summed E-state index contributed by atoms with van der Waals surface area (Å²) in [6.07, 6.45) is 6.44. The second-order valence-electron chi connectivity index (χ2n) is 4.88. The Hall–Kier alpha value is -1.72. The van der Waals surface area contributed by atoms with E-state index in [1.54, 1.807) is 6.07 Å². The molecule has 5 nitrogen and oxygen atoms in total. The summed E-state index contributed by atoms with van der Waals surface area (Å²) in [4.78, 5) is 10.8. The van der Waals surface area contributed by atoms with Crippen molar-refractivity contribution in [1.82, 2.24) is 5.32 Å². The number of ether oxygens (including phenoxy) is 2. The van der Waals surface area contributed by atoms with Crippen molar-refractivity contribution in [3.05, 3.63) is 34.9 Å². The first-order valence-corrected chi connectivity index (χ1v) is 7.14. The van der Waals surface area contributed by atoms with E-state index >= 15 is 0 Å². The maximum absolute atomic E-state index is 10.8. The van der Waals surface area contributed by atoms with Crippen molar-refractivity contribution in [3.8, 4) is 11.5 Å². The summed E-state index contributed by atoms with van der Waals surface area (Å²) in [5.74, 6) is 0.266. The van der Waals surface area contributed by atoms with E-state index in [1.165, 1.54) is 7.11 Å². The van der Waals surface area contributed by atoms with E-state index in [0.29, 0.717) is 29.1 Å². The van der Waals surface area contributed by atoms with Crippen LogP contribution in [0.2, 0.25) is 5.02 Å². The summed E-state index contributed by atoms with van der Waals surface area (Å²) < 4.78 is 10.6. The predicted octanol–water partition coefficient (Wildman–Crippen LogP) is 2.02. The smallest absolute Gasteiger partial charge is 0.255 e. The molecule has 0 spiro atoms. The molecule has 0 aromatic heterocycles. The molecule has 0 radical (unpaired) electrons. The lowest BCUT2D eigenvalue weighted by atomic mass is 10.1. The Bertz CT molecular complexity index is 538. The highest BCUT2D eigenvalue weighted by Crippen LogP contribution is 2.36. The highest BCUT2D eigenvalue weighted by Gasteiger charge is 2.14. The second-order valence-corrected chi connectivity index (χ2v) is 5.29. The summed E-state index contributed by atoms with van der Waals surface area (Å²) in [5, 5.41) is 3.85. The van der Waals surface area contributed by atoms with Crippen molar-refractivity contribution in [2.75, 3.05) is 13.7 Å². The van der Waals surface area contributed by atoms with Crippen LogP contribution in [-0.2, 0) is 11.3 Å². The molecule has 6 heteroatoms. The van der Waals surface area contributed by atoms with E-state index in [4.69, 9.17) is 26.8 Å². The first-order chi connectivity index (χ1) is 10.1. The van der Waals surface area contributed by atoms with Gasteiger partial charge in [-0.25, -0.2) is 0 Å². The zero-order valence-electron chi connectivity index (χ0n) is 11.9. The first kappa shape index (κ1) is 15.7. The van der Waals surface area contributed by atoms with Crippen molar-refractivity contribution in [2.24, 2.45) is 5.73 Å². The van der Waals surface area contributed by atoms with E-state index in [2.05, 4.69) is 17.5 Å². The second kappa shape index (κ2) is 7.33. The average molecular weight is 311 g/mol. The van der Waals surface area contributed by atoms with Gasteiger partial charge in [-0.3, -0.25) is 4.79 Å². The van der Waals surface area contributed by atoms with Gasteiger partial charge in [-0.05, 0) is 30.5 Å². The Kier molecular flexibility index (Phi) is 5.47. The number of nitrogens with one attached hydrogen (secondary N) is 1. The van der Waals surface area contributed by atoms with Crippen LogP contribution in [0.25, 0.3) is 0 Å². The third-order valence-corrected chi connectivity index (χ3v) is 3.53. The Morgan fingerprint density at radius 1 is 1.43 bits per heavy atom. The number of nitrogens with two attached hydrogens (primary N) is 1. The third kappa shape index (κ3) is 4.37. The predicted molar refractivity (Wildman–Crippen MR) is 81.7 cm³/mol. The number of benzene rings is 1. The van der Waals surface area contributed by atoms with Gasteiger partial charge in [-0.15, -0.1) is 0 Å². The van der Waals surface area contributed by atoms with Gasteiger partial charge in [0.05, 0.1) is 12.1 Å². The first-order valence-electron chi connectivity index (χ1n) is 6.76. The fourth-order valence-electron chi connectivity index (χ4n) is 2.20. The molecule has 0 fully saturated rings. The number of primary amides is 1. The molecule has 1 aliphatic carbocycles. The lowest BCUT2D eigenvalue weighted by molar-refractivity contribution is -0.119. The molecule has 0 saturated heterocycles. The number of halogens is 1. The van der Waals surface area contributed by atoms with E-state index in [9.17, 15) is 4.79 Å². The van der Waals surface area contributed by atoms with Gasteiger partial charge in [-0.2, -0.15) is 0 Å². The number of rotatable bonds is 7. The number of hydrogen-bond acceptors (Lipinski definition) is 4. The lowest BCUT2D eigenvalue weighted by Gasteiger charge is -2.15. The molecule has 0 heterocycles. The van der Waals surface area contributed by atoms with Crippen LogP contribution in [0.5, 0.6) is 11.5 Å². The largest absolute Gasteiger partial charge is 0.493 e. The minimum atomic E-state index is -0.562. The van der Waals surface area contributed by atoms with Crippen LogP contribution < -0.4 is 20.5 Å². The highest BCUT2D eigenvalue weighted by molar-refractivity contribution is 6.32. The van der Waals surface area contributed by atoms with Crippen LogP contribution in [0.1, 0.15) is 18.4 Å². The van der Waals surface area contributed by atoms with Gasteiger partial charge >= 0.3 is 0 Å². The van der Waals surface area contributed by atoms with Gasteiger partial charge in [0.1, 0.15) is 0 Å². The minimum absolute atomic E-state index is 0.235. The van der Waals surface area contributed by atoms with Crippen molar-refractivity contribution in [2.45, 2.75) is 25.4 Å². The SMILES string of the molecule is COc1cc(CNC2CC=CC2)cc(Cl)c1OCC(N)=O. The van der Waals surface area contributed by atoms with Crippen LogP contribution in [0, 0.1) is 0 Å². The van der Waals surface area contributed by atoms with Crippen LogP contribution in [0.3, 0.4) is 0 Å². The topological polar surface area (TPSA) is 73.6 Å². The third-order valence-electron chi connectivity index (χ3n) is 3.25. The summed E-state index contributed by atoms with van der Waals surface area (Å²) in [6, 6.07) is 4.12. The standard InChI is InChI=1S/C15H19ClN2O3/c1-20-13-7-10(8-18-11-4-2-3-5-11)6-12(16)15(13)21-9-14(17)19/h2-3,6-7,11,18H,4-5,8-9H2,1H3,(H2,17,19). The monoisotopic (exact) mass is 310 g/mol. The van der Waals surface area contributed by atoms with E-state index in [0.717, 1.165) is 18.4 Å². The summed E-state index contributed by atoms with van der Waals surface area (Å²) in [6.45, 7) is 0.458.